The maximum atomic E-state index is 12.1. The van der Waals surface area contributed by atoms with Crippen molar-refractivity contribution < 1.29 is 32.1 Å². The molecule has 0 saturated heterocycles. The lowest BCUT2D eigenvalue weighted by molar-refractivity contribution is -0.169. The Hall–Kier alpha value is -2.10. The van der Waals surface area contributed by atoms with E-state index in [1.807, 2.05) is 5.32 Å². The van der Waals surface area contributed by atoms with Crippen molar-refractivity contribution in [2.75, 3.05) is 11.6 Å². The smallest absolute Gasteiger partial charge is 0.465 e. The number of benzene rings is 1. The molecule has 0 aromatic heterocycles. The first-order chi connectivity index (χ1) is 9.02. The molecule has 0 fully saturated rings. The highest BCUT2D eigenvalue weighted by Gasteiger charge is 2.39. The lowest BCUT2D eigenvalue weighted by atomic mass is 10.3. The lowest BCUT2D eigenvalue weighted by Gasteiger charge is -2.07. The van der Waals surface area contributed by atoms with Crippen LogP contribution in [0.25, 0.3) is 0 Å². The van der Waals surface area contributed by atoms with E-state index >= 15 is 0 Å². The normalized spacial score (nSPS) is 14.2. The van der Waals surface area contributed by atoms with Crippen LogP contribution in [-0.4, -0.2) is 33.7 Å². The molecule has 110 valence electrons. The Morgan fingerprint density at radius 3 is 2.15 bits per heavy atom. The van der Waals surface area contributed by atoms with Crippen LogP contribution >= 0.6 is 0 Å². The predicted octanol–water partition coefficient (Wildman–Crippen LogP) is 2.32. The number of hydrogen-bond acceptors (Lipinski definition) is 3. The molecule has 0 radical (unpaired) electrons. The summed E-state index contributed by atoms with van der Waals surface area (Å²) < 4.78 is 50.8. The maximum Gasteiger partial charge on any atom is 0.474 e. The Bertz CT molecular complexity index is 645. The molecular weight excluding hydrogens is 301 g/mol. The molecule has 1 unspecified atom stereocenters. The highest BCUT2D eigenvalue weighted by Crippen LogP contribution is 2.21. The predicted molar refractivity (Wildman–Crippen MR) is 63.9 cm³/mol. The Kier molecular flexibility index (Phi) is 4.38. The van der Waals surface area contributed by atoms with Gasteiger partial charge in [-0.05, 0) is 24.3 Å². The van der Waals surface area contributed by atoms with Gasteiger partial charge in [-0.25, -0.2) is 9.00 Å². The van der Waals surface area contributed by atoms with Crippen LogP contribution in [0.2, 0.25) is 0 Å². The fraction of sp³-hybridized carbons (Fsp3) is 0.200. The average Bonchev–Trinajstić information content (AvgIpc) is 2.26. The molecule has 0 bridgehead atoms. The van der Waals surface area contributed by atoms with E-state index in [2.05, 4.69) is 4.36 Å². The van der Waals surface area contributed by atoms with Gasteiger partial charge in [-0.3, -0.25) is 10.1 Å². The lowest BCUT2D eigenvalue weighted by Crippen LogP contribution is -2.21. The summed E-state index contributed by atoms with van der Waals surface area (Å²) >= 11 is 0. The van der Waals surface area contributed by atoms with Crippen LogP contribution in [0.4, 0.5) is 23.7 Å². The van der Waals surface area contributed by atoms with Gasteiger partial charge in [0.05, 0.1) is 9.73 Å². The molecule has 10 heteroatoms. The van der Waals surface area contributed by atoms with E-state index in [0.29, 0.717) is 0 Å². The number of halogens is 3. The molecule has 1 aromatic carbocycles. The third-order valence-corrected chi connectivity index (χ3v) is 3.70. The highest BCUT2D eigenvalue weighted by molar-refractivity contribution is 7.93. The largest absolute Gasteiger partial charge is 0.474 e. The number of amides is 2. The summed E-state index contributed by atoms with van der Waals surface area (Å²) in [4.78, 5) is 20.9. The van der Waals surface area contributed by atoms with E-state index in [9.17, 15) is 27.0 Å². The number of alkyl halides is 3. The fourth-order valence-corrected chi connectivity index (χ4v) is 2.34. The zero-order valence-electron chi connectivity index (χ0n) is 9.97. The Labute approximate surface area is 111 Å². The minimum Gasteiger partial charge on any atom is -0.465 e. The number of hydrogen-bond donors (Lipinski definition) is 2. The first kappa shape index (κ1) is 16.0. The molecule has 2 amide bonds. The van der Waals surface area contributed by atoms with Gasteiger partial charge in [0.1, 0.15) is 0 Å². The van der Waals surface area contributed by atoms with E-state index < -0.39 is 27.9 Å². The molecule has 0 spiro atoms. The monoisotopic (exact) mass is 310 g/mol. The minimum atomic E-state index is -5.19. The number of carbonyl (C=O) groups excluding carboxylic acids is 1. The zero-order chi connectivity index (χ0) is 15.6. The van der Waals surface area contributed by atoms with Crippen molar-refractivity contribution >= 4 is 27.4 Å². The number of anilines is 1. The number of nitrogens with one attached hydrogen (secondary N) is 1. The summed E-state index contributed by atoms with van der Waals surface area (Å²) in [6.07, 6.45) is -5.63. The van der Waals surface area contributed by atoms with Crippen LogP contribution in [0.1, 0.15) is 0 Å². The minimum absolute atomic E-state index is 0.119. The van der Waals surface area contributed by atoms with Crippen molar-refractivity contribution in [1.82, 2.24) is 0 Å². The van der Waals surface area contributed by atoms with Crippen molar-refractivity contribution in [3.05, 3.63) is 24.3 Å². The second kappa shape index (κ2) is 5.49. The third-order valence-electron chi connectivity index (χ3n) is 2.04. The molecule has 0 saturated carbocycles. The van der Waals surface area contributed by atoms with Gasteiger partial charge in [0.25, 0.3) is 0 Å². The third kappa shape index (κ3) is 4.23. The van der Waals surface area contributed by atoms with Gasteiger partial charge in [0, 0.05) is 16.8 Å². The zero-order valence-corrected chi connectivity index (χ0v) is 10.8. The summed E-state index contributed by atoms with van der Waals surface area (Å²) in [7, 11) is -3.56. The Morgan fingerprint density at radius 1 is 1.25 bits per heavy atom. The summed E-state index contributed by atoms with van der Waals surface area (Å²) in [6.45, 7) is 0. The van der Waals surface area contributed by atoms with Gasteiger partial charge in [0.15, 0.2) is 0 Å². The van der Waals surface area contributed by atoms with Gasteiger partial charge in [-0.1, -0.05) is 0 Å². The highest BCUT2D eigenvalue weighted by atomic mass is 32.2. The van der Waals surface area contributed by atoms with Crippen LogP contribution in [0, 0.1) is 0 Å². The van der Waals surface area contributed by atoms with Crippen LogP contribution in [0.5, 0.6) is 0 Å². The van der Waals surface area contributed by atoms with Crippen LogP contribution in [0.3, 0.4) is 0 Å². The number of carboxylic acid groups (broad SMARTS) is 1. The first-order valence-electron chi connectivity index (χ1n) is 4.96. The van der Waals surface area contributed by atoms with Crippen LogP contribution in [0.15, 0.2) is 33.5 Å². The molecule has 20 heavy (non-hydrogen) atoms. The molecular formula is C10H9F3N2O4S. The Balaban J connectivity index is 3.10. The molecule has 2 N–H and O–H groups in total. The molecule has 6 nitrogen and oxygen atoms in total. The van der Waals surface area contributed by atoms with Crippen molar-refractivity contribution in [3.8, 4) is 0 Å². The van der Waals surface area contributed by atoms with Gasteiger partial charge < -0.3 is 5.11 Å². The topological polar surface area (TPSA) is 95.8 Å². The van der Waals surface area contributed by atoms with E-state index in [0.717, 1.165) is 18.4 Å². The second-order valence-electron chi connectivity index (χ2n) is 3.65. The molecule has 1 aromatic rings. The quantitative estimate of drug-likeness (QED) is 0.876. The number of nitrogens with zero attached hydrogens (tertiary/aromatic N) is 1. The summed E-state index contributed by atoms with van der Waals surface area (Å²) in [5, 5.41) is 10.4. The van der Waals surface area contributed by atoms with Gasteiger partial charge in [-0.2, -0.15) is 13.2 Å². The molecule has 0 heterocycles. The molecule has 0 aliphatic carbocycles. The van der Waals surface area contributed by atoms with E-state index in [1.165, 1.54) is 12.1 Å². The fourth-order valence-electron chi connectivity index (χ4n) is 1.18. The molecule has 0 aliphatic rings. The van der Waals surface area contributed by atoms with E-state index in [4.69, 9.17) is 5.11 Å². The van der Waals surface area contributed by atoms with Crippen LogP contribution in [-0.2, 0) is 14.5 Å². The summed E-state index contributed by atoms with van der Waals surface area (Å²) in [6, 6.07) is 4.64. The summed E-state index contributed by atoms with van der Waals surface area (Å²) in [5.74, 6) is -2.43. The first-order valence-corrected chi connectivity index (χ1v) is 6.88. The van der Waals surface area contributed by atoms with Crippen molar-refractivity contribution in [2.45, 2.75) is 11.1 Å². The van der Waals surface area contributed by atoms with Gasteiger partial charge >= 0.3 is 18.2 Å². The van der Waals surface area contributed by atoms with Crippen LogP contribution < -0.4 is 5.32 Å². The van der Waals surface area contributed by atoms with Crippen molar-refractivity contribution in [1.29, 1.82) is 0 Å². The van der Waals surface area contributed by atoms with Crippen molar-refractivity contribution in [2.24, 2.45) is 4.36 Å². The Morgan fingerprint density at radius 2 is 1.75 bits per heavy atom. The average molecular weight is 310 g/mol. The second-order valence-corrected chi connectivity index (χ2v) is 5.91. The van der Waals surface area contributed by atoms with Gasteiger partial charge in [0.2, 0.25) is 0 Å². The summed E-state index contributed by atoms with van der Waals surface area (Å²) in [5.41, 5.74) is 0.138. The SMILES string of the molecule is CS(=O)(=NC(=O)C(F)(F)F)c1ccc(NC(=O)O)cc1. The maximum absolute atomic E-state index is 12.1. The number of carbonyl (C=O) groups is 2. The molecule has 1 atom stereocenters. The van der Waals surface area contributed by atoms with Gasteiger partial charge in [-0.15, -0.1) is 4.36 Å². The van der Waals surface area contributed by atoms with E-state index in [-0.39, 0.29) is 10.6 Å². The van der Waals surface area contributed by atoms with Crippen molar-refractivity contribution in [3.63, 3.8) is 0 Å². The van der Waals surface area contributed by atoms with E-state index in [1.54, 1.807) is 0 Å². The molecule has 1 rings (SSSR count). The number of rotatable bonds is 2. The molecule has 0 aliphatic heterocycles. The standard InChI is InChI=1S/C10H9F3N2O4S/c1-20(19,15-8(16)10(11,12)13)7-4-2-6(3-5-7)14-9(17)18/h2-5,14H,1H3,(H,17,18).